The third-order valence-corrected chi connectivity index (χ3v) is 3.69. The molecule has 1 atom stereocenters. The van der Waals surface area contributed by atoms with Crippen LogP contribution in [0.2, 0.25) is 5.02 Å². The Morgan fingerprint density at radius 1 is 1.55 bits per heavy atom. The lowest BCUT2D eigenvalue weighted by atomic mass is 10.2. The van der Waals surface area contributed by atoms with Crippen molar-refractivity contribution >= 4 is 35.6 Å². The number of amides is 1. The number of aryl methyl sites for hydroxylation is 1. The van der Waals surface area contributed by atoms with Crippen LogP contribution in [0.1, 0.15) is 12.5 Å². The maximum absolute atomic E-state index is 12.1. The minimum atomic E-state index is 0. The first-order chi connectivity index (χ1) is 9.06. The highest BCUT2D eigenvalue weighted by atomic mass is 35.5. The van der Waals surface area contributed by atoms with Gasteiger partial charge in [0.15, 0.2) is 0 Å². The Balaban J connectivity index is 0.00000200. The summed E-state index contributed by atoms with van der Waals surface area (Å²) in [7, 11) is 0. The van der Waals surface area contributed by atoms with Crippen LogP contribution in [0.4, 0.5) is 5.69 Å². The summed E-state index contributed by atoms with van der Waals surface area (Å²) in [6, 6.07) is 5.91. The van der Waals surface area contributed by atoms with Crippen LogP contribution in [0.15, 0.2) is 18.2 Å². The first-order valence-corrected chi connectivity index (χ1v) is 6.95. The van der Waals surface area contributed by atoms with Gasteiger partial charge in [-0.1, -0.05) is 17.7 Å². The molecule has 6 heteroatoms. The van der Waals surface area contributed by atoms with E-state index in [-0.39, 0.29) is 18.3 Å². The van der Waals surface area contributed by atoms with Crippen LogP contribution >= 0.6 is 24.0 Å². The summed E-state index contributed by atoms with van der Waals surface area (Å²) in [5.41, 5.74) is 1.81. The first kappa shape index (κ1) is 17.2. The minimum Gasteiger partial charge on any atom is -0.325 e. The molecule has 1 fully saturated rings. The van der Waals surface area contributed by atoms with Crippen molar-refractivity contribution in [1.29, 1.82) is 0 Å². The summed E-state index contributed by atoms with van der Waals surface area (Å²) in [5.74, 6) is 0.0131. The molecule has 0 spiro atoms. The van der Waals surface area contributed by atoms with E-state index in [0.29, 0.717) is 17.6 Å². The zero-order chi connectivity index (χ0) is 13.8. The molecule has 0 bridgehead atoms. The van der Waals surface area contributed by atoms with Crippen LogP contribution in [0.5, 0.6) is 0 Å². The van der Waals surface area contributed by atoms with Gasteiger partial charge >= 0.3 is 0 Å². The molecule has 1 saturated heterocycles. The van der Waals surface area contributed by atoms with E-state index in [1.54, 1.807) is 6.07 Å². The molecule has 1 aromatic rings. The lowest BCUT2D eigenvalue weighted by Gasteiger charge is -2.33. The largest absolute Gasteiger partial charge is 0.325 e. The number of hydrogen-bond acceptors (Lipinski definition) is 3. The number of nitrogens with zero attached hydrogens (tertiary/aromatic N) is 1. The van der Waals surface area contributed by atoms with Gasteiger partial charge in [0.1, 0.15) is 0 Å². The Bertz CT molecular complexity index is 468. The van der Waals surface area contributed by atoms with Gasteiger partial charge in [0.05, 0.1) is 6.54 Å². The fourth-order valence-electron chi connectivity index (χ4n) is 2.22. The molecule has 0 aliphatic carbocycles. The second kappa shape index (κ2) is 7.84. The predicted octanol–water partition coefficient (Wildman–Crippen LogP) is 2.30. The van der Waals surface area contributed by atoms with Crippen LogP contribution in [0, 0.1) is 6.92 Å². The number of rotatable bonds is 3. The van der Waals surface area contributed by atoms with Gasteiger partial charge in [0, 0.05) is 36.4 Å². The number of piperazine rings is 1. The molecule has 0 radical (unpaired) electrons. The lowest BCUT2D eigenvalue weighted by molar-refractivity contribution is -0.118. The van der Waals surface area contributed by atoms with Crippen LogP contribution in [0.25, 0.3) is 0 Å². The van der Waals surface area contributed by atoms with E-state index in [2.05, 4.69) is 22.5 Å². The molecule has 20 heavy (non-hydrogen) atoms. The molecule has 2 N–H and O–H groups in total. The van der Waals surface area contributed by atoms with Gasteiger partial charge in [-0.15, -0.1) is 12.4 Å². The summed E-state index contributed by atoms with van der Waals surface area (Å²) >= 11 is 5.95. The van der Waals surface area contributed by atoms with Crippen molar-refractivity contribution in [3.63, 3.8) is 0 Å². The Morgan fingerprint density at radius 3 is 3.00 bits per heavy atom. The third kappa shape index (κ3) is 4.63. The van der Waals surface area contributed by atoms with Gasteiger partial charge in [-0.2, -0.15) is 0 Å². The number of halogens is 2. The molecule has 0 unspecified atom stereocenters. The summed E-state index contributed by atoms with van der Waals surface area (Å²) in [4.78, 5) is 14.3. The molecule has 1 aliphatic heterocycles. The van der Waals surface area contributed by atoms with Crippen molar-refractivity contribution in [2.75, 3.05) is 31.5 Å². The average molecular weight is 318 g/mol. The molecule has 1 amide bonds. The summed E-state index contributed by atoms with van der Waals surface area (Å²) < 4.78 is 0. The summed E-state index contributed by atoms with van der Waals surface area (Å²) in [6.45, 7) is 7.29. The molecular formula is C14H21Cl2N3O. The first-order valence-electron chi connectivity index (χ1n) is 6.57. The van der Waals surface area contributed by atoms with E-state index >= 15 is 0 Å². The summed E-state index contributed by atoms with van der Waals surface area (Å²) in [6.07, 6.45) is 0. The van der Waals surface area contributed by atoms with E-state index in [0.717, 1.165) is 30.9 Å². The molecule has 1 heterocycles. The quantitative estimate of drug-likeness (QED) is 0.899. The van der Waals surface area contributed by atoms with Gasteiger partial charge in [-0.25, -0.2) is 0 Å². The van der Waals surface area contributed by atoms with E-state index in [9.17, 15) is 4.79 Å². The molecule has 1 aromatic carbocycles. The van der Waals surface area contributed by atoms with Crippen molar-refractivity contribution in [2.24, 2.45) is 0 Å². The SMILES string of the molecule is Cc1ccc(Cl)cc1NC(=O)CN1CCNC[C@H]1C.Cl. The molecule has 0 aromatic heterocycles. The Kier molecular flexibility index (Phi) is 6.76. The smallest absolute Gasteiger partial charge is 0.238 e. The standard InChI is InChI=1S/C14H20ClN3O.ClH/c1-10-3-4-12(15)7-13(10)17-14(19)9-18-6-5-16-8-11(18)2;/h3-4,7,11,16H,5-6,8-9H2,1-2H3,(H,17,19);1H/t11-;/m1./s1. The van der Waals surface area contributed by atoms with E-state index in [4.69, 9.17) is 11.6 Å². The zero-order valence-corrected chi connectivity index (χ0v) is 13.4. The van der Waals surface area contributed by atoms with Crippen molar-refractivity contribution in [3.05, 3.63) is 28.8 Å². The van der Waals surface area contributed by atoms with Gasteiger partial charge in [-0.3, -0.25) is 9.69 Å². The summed E-state index contributed by atoms with van der Waals surface area (Å²) in [5, 5.41) is 6.88. The van der Waals surface area contributed by atoms with Crippen LogP contribution in [-0.2, 0) is 4.79 Å². The zero-order valence-electron chi connectivity index (χ0n) is 11.8. The normalized spacial score (nSPS) is 19.2. The lowest BCUT2D eigenvalue weighted by Crippen LogP contribution is -2.52. The average Bonchev–Trinajstić information content (AvgIpc) is 2.37. The second-order valence-corrected chi connectivity index (χ2v) is 5.47. The Morgan fingerprint density at radius 2 is 2.30 bits per heavy atom. The fourth-order valence-corrected chi connectivity index (χ4v) is 2.39. The van der Waals surface area contributed by atoms with Crippen LogP contribution < -0.4 is 10.6 Å². The molecule has 2 rings (SSSR count). The maximum atomic E-state index is 12.1. The predicted molar refractivity (Wildman–Crippen MR) is 86.0 cm³/mol. The number of hydrogen-bond donors (Lipinski definition) is 2. The van der Waals surface area contributed by atoms with Crippen LogP contribution in [-0.4, -0.2) is 43.0 Å². The van der Waals surface area contributed by atoms with E-state index in [1.807, 2.05) is 19.1 Å². The van der Waals surface area contributed by atoms with E-state index < -0.39 is 0 Å². The minimum absolute atomic E-state index is 0. The van der Waals surface area contributed by atoms with Crippen LogP contribution in [0.3, 0.4) is 0 Å². The van der Waals surface area contributed by atoms with E-state index in [1.165, 1.54) is 0 Å². The number of carbonyl (C=O) groups is 1. The monoisotopic (exact) mass is 317 g/mol. The highest BCUT2D eigenvalue weighted by Gasteiger charge is 2.20. The Labute approximate surface area is 131 Å². The second-order valence-electron chi connectivity index (χ2n) is 5.03. The molecular weight excluding hydrogens is 297 g/mol. The number of nitrogens with one attached hydrogen (secondary N) is 2. The van der Waals surface area contributed by atoms with Crippen molar-refractivity contribution in [3.8, 4) is 0 Å². The topological polar surface area (TPSA) is 44.4 Å². The molecule has 1 aliphatic rings. The number of carbonyl (C=O) groups excluding carboxylic acids is 1. The number of anilines is 1. The van der Waals surface area contributed by atoms with Gasteiger partial charge in [-0.05, 0) is 31.5 Å². The molecule has 0 saturated carbocycles. The fraction of sp³-hybridized carbons (Fsp3) is 0.500. The number of benzene rings is 1. The van der Waals surface area contributed by atoms with Crippen molar-refractivity contribution in [1.82, 2.24) is 10.2 Å². The van der Waals surface area contributed by atoms with Gasteiger partial charge in [0.2, 0.25) is 5.91 Å². The Hall–Kier alpha value is -0.810. The highest BCUT2D eigenvalue weighted by molar-refractivity contribution is 6.31. The van der Waals surface area contributed by atoms with Crippen molar-refractivity contribution in [2.45, 2.75) is 19.9 Å². The molecule has 4 nitrogen and oxygen atoms in total. The molecule has 112 valence electrons. The van der Waals surface area contributed by atoms with Crippen molar-refractivity contribution < 1.29 is 4.79 Å². The van der Waals surface area contributed by atoms with Gasteiger partial charge in [0.25, 0.3) is 0 Å². The maximum Gasteiger partial charge on any atom is 0.238 e. The third-order valence-electron chi connectivity index (χ3n) is 3.46. The van der Waals surface area contributed by atoms with Gasteiger partial charge < -0.3 is 10.6 Å². The highest BCUT2D eigenvalue weighted by Crippen LogP contribution is 2.20.